The van der Waals surface area contributed by atoms with Crippen molar-refractivity contribution in [2.24, 2.45) is 0 Å². The zero-order valence-electron chi connectivity index (χ0n) is 24.4. The highest BCUT2D eigenvalue weighted by atomic mass is 16.5. The van der Waals surface area contributed by atoms with Crippen LogP contribution in [0.2, 0.25) is 0 Å². The third-order valence-electron chi connectivity index (χ3n) is 8.50. The van der Waals surface area contributed by atoms with Gasteiger partial charge < -0.3 is 30.1 Å². The lowest BCUT2D eigenvalue weighted by molar-refractivity contribution is -0.120. The molecule has 2 amide bonds. The highest BCUT2D eigenvalue weighted by molar-refractivity contribution is 6.05. The summed E-state index contributed by atoms with van der Waals surface area (Å²) in [6.45, 7) is 8.10. The van der Waals surface area contributed by atoms with Crippen LogP contribution < -0.4 is 25.2 Å². The van der Waals surface area contributed by atoms with Gasteiger partial charge in [-0.15, -0.1) is 0 Å². The summed E-state index contributed by atoms with van der Waals surface area (Å²) >= 11 is 0. The first-order chi connectivity index (χ1) is 19.3. The van der Waals surface area contributed by atoms with Crippen molar-refractivity contribution in [2.45, 2.75) is 89.9 Å². The van der Waals surface area contributed by atoms with Crippen LogP contribution >= 0.6 is 0 Å². The maximum atomic E-state index is 13.6. The summed E-state index contributed by atoms with van der Waals surface area (Å²) in [7, 11) is 3.70. The van der Waals surface area contributed by atoms with E-state index >= 15 is 0 Å². The lowest BCUT2D eigenvalue weighted by Gasteiger charge is -2.45. The molecular weight excluding hydrogens is 506 g/mol. The Morgan fingerprint density at radius 3 is 2.52 bits per heavy atom. The molecule has 2 aromatic rings. The van der Waals surface area contributed by atoms with Gasteiger partial charge in [-0.05, 0) is 84.3 Å². The number of carbonyl (C=O) groups excluding carboxylic acids is 2. The first-order valence-corrected chi connectivity index (χ1v) is 14.7. The van der Waals surface area contributed by atoms with Crippen LogP contribution in [0, 0.1) is 0 Å². The van der Waals surface area contributed by atoms with Crippen LogP contribution in [-0.2, 0) is 4.79 Å². The molecule has 10 heteroatoms. The van der Waals surface area contributed by atoms with E-state index in [1.807, 2.05) is 24.8 Å². The number of hydrogen-bond donors (Lipinski definition) is 2. The van der Waals surface area contributed by atoms with Crippen LogP contribution in [0.3, 0.4) is 0 Å². The molecule has 3 heterocycles. The monoisotopic (exact) mass is 549 g/mol. The lowest BCUT2D eigenvalue weighted by atomic mass is 10.0. The van der Waals surface area contributed by atoms with Gasteiger partial charge in [0.05, 0.1) is 19.0 Å². The smallest absolute Gasteiger partial charge is 0.251 e. The van der Waals surface area contributed by atoms with E-state index in [4.69, 9.17) is 9.72 Å². The van der Waals surface area contributed by atoms with Gasteiger partial charge in [-0.25, -0.2) is 4.98 Å². The minimum absolute atomic E-state index is 0.00161. The molecule has 2 aliphatic heterocycles. The standard InChI is InChI=1S/C30H43N7O3/c1-6-24-29(39)36(19(2)3)25-18-31-30(34-27(25)37(24)22-9-7-8-10-22)33-23-12-11-20(17-26(23)40-5)28(38)32-21-13-15-35(4)16-14-21/h11-12,17-19,21-22,24H,6-10,13-16H2,1-5H3,(H,32,38)(H,31,33,34)/t24-/m1/s1. The molecule has 1 saturated heterocycles. The summed E-state index contributed by atoms with van der Waals surface area (Å²) in [5.74, 6) is 1.79. The van der Waals surface area contributed by atoms with Crippen LogP contribution in [0.1, 0.15) is 76.1 Å². The van der Waals surface area contributed by atoms with Crippen LogP contribution in [0.5, 0.6) is 5.75 Å². The third kappa shape index (κ3) is 5.59. The first kappa shape index (κ1) is 28.1. The number of fused-ring (bicyclic) bond motifs is 1. The number of rotatable bonds is 8. The summed E-state index contributed by atoms with van der Waals surface area (Å²) in [4.78, 5) is 42.5. The van der Waals surface area contributed by atoms with Gasteiger partial charge in [-0.2, -0.15) is 4.98 Å². The number of nitrogens with zero attached hydrogens (tertiary/aromatic N) is 5. The largest absolute Gasteiger partial charge is 0.495 e. The maximum Gasteiger partial charge on any atom is 0.251 e. The minimum Gasteiger partial charge on any atom is -0.495 e. The Balaban J connectivity index is 1.41. The Kier molecular flexibility index (Phi) is 8.44. The van der Waals surface area contributed by atoms with Crippen molar-refractivity contribution >= 4 is 35.0 Å². The summed E-state index contributed by atoms with van der Waals surface area (Å²) in [6.07, 6.45) is 8.84. The number of anilines is 4. The Bertz CT molecular complexity index is 1220. The molecule has 0 spiro atoms. The van der Waals surface area contributed by atoms with E-state index < -0.39 is 0 Å². The lowest BCUT2D eigenvalue weighted by Crippen LogP contribution is -2.58. The summed E-state index contributed by atoms with van der Waals surface area (Å²) in [5.41, 5.74) is 1.98. The highest BCUT2D eigenvalue weighted by Crippen LogP contribution is 2.41. The van der Waals surface area contributed by atoms with Gasteiger partial charge in [0.25, 0.3) is 5.91 Å². The fourth-order valence-electron chi connectivity index (χ4n) is 6.32. The second kappa shape index (κ2) is 12.0. The van der Waals surface area contributed by atoms with Crippen LogP contribution in [-0.4, -0.2) is 78.1 Å². The average Bonchev–Trinajstić information content (AvgIpc) is 3.48. The number of benzene rings is 1. The first-order valence-electron chi connectivity index (χ1n) is 14.7. The molecule has 1 atom stereocenters. The SMILES string of the molecule is CC[C@@H]1C(=O)N(C(C)C)c2cnc(Nc3ccc(C(=O)NC4CCN(C)CC4)cc3OC)nc2N1C1CCCC1. The molecule has 1 aromatic heterocycles. The number of ether oxygens (including phenoxy) is 1. The van der Waals surface area contributed by atoms with Gasteiger partial charge in [0.2, 0.25) is 11.9 Å². The Labute approximate surface area is 237 Å². The van der Waals surface area contributed by atoms with Gasteiger partial charge in [-0.3, -0.25) is 9.59 Å². The topological polar surface area (TPSA) is 103 Å². The van der Waals surface area contributed by atoms with Crippen LogP contribution in [0.25, 0.3) is 0 Å². The average molecular weight is 550 g/mol. The van der Waals surface area contributed by atoms with Crippen molar-refractivity contribution in [3.8, 4) is 5.75 Å². The van der Waals surface area contributed by atoms with E-state index in [0.717, 1.165) is 56.7 Å². The number of nitrogens with one attached hydrogen (secondary N) is 2. The molecule has 5 rings (SSSR count). The fraction of sp³-hybridized carbons (Fsp3) is 0.600. The van der Waals surface area contributed by atoms with Gasteiger partial charge in [0, 0.05) is 23.7 Å². The van der Waals surface area contributed by atoms with Crippen LogP contribution in [0.15, 0.2) is 24.4 Å². The number of aromatic nitrogens is 2. The molecule has 0 unspecified atom stereocenters. The Morgan fingerprint density at radius 2 is 1.88 bits per heavy atom. The van der Waals surface area contributed by atoms with Crippen LogP contribution in [0.4, 0.5) is 23.1 Å². The number of carbonyl (C=O) groups is 2. The van der Waals surface area contributed by atoms with E-state index in [9.17, 15) is 9.59 Å². The Morgan fingerprint density at radius 1 is 1.15 bits per heavy atom. The van der Waals surface area contributed by atoms with E-state index in [-0.39, 0.29) is 29.9 Å². The second-order valence-electron chi connectivity index (χ2n) is 11.6. The number of piperidine rings is 1. The zero-order chi connectivity index (χ0) is 28.4. The number of methoxy groups -OCH3 is 1. The molecule has 0 radical (unpaired) electrons. The van der Waals surface area contributed by atoms with Gasteiger partial charge in [0.1, 0.15) is 17.5 Å². The molecule has 0 bridgehead atoms. The number of hydrogen-bond acceptors (Lipinski definition) is 8. The molecule has 1 aromatic carbocycles. The highest BCUT2D eigenvalue weighted by Gasteiger charge is 2.43. The van der Waals surface area contributed by atoms with Crippen molar-refractivity contribution in [3.63, 3.8) is 0 Å². The van der Waals surface area contributed by atoms with Crippen molar-refractivity contribution in [1.82, 2.24) is 20.2 Å². The molecule has 10 nitrogen and oxygen atoms in total. The molecule has 2 N–H and O–H groups in total. The number of amides is 2. The predicted octanol–water partition coefficient (Wildman–Crippen LogP) is 4.34. The predicted molar refractivity (Wildman–Crippen MR) is 158 cm³/mol. The molecule has 40 heavy (non-hydrogen) atoms. The molecule has 3 aliphatic rings. The quantitative estimate of drug-likeness (QED) is 0.502. The zero-order valence-corrected chi connectivity index (χ0v) is 24.4. The molecule has 2 fully saturated rings. The van der Waals surface area contributed by atoms with Crippen molar-refractivity contribution in [1.29, 1.82) is 0 Å². The summed E-state index contributed by atoms with van der Waals surface area (Å²) in [5, 5.41) is 6.47. The van der Waals surface area contributed by atoms with E-state index in [1.54, 1.807) is 25.4 Å². The van der Waals surface area contributed by atoms with E-state index in [1.165, 1.54) is 12.8 Å². The minimum atomic E-state index is -0.238. The second-order valence-corrected chi connectivity index (χ2v) is 11.6. The van der Waals surface area contributed by atoms with Crippen molar-refractivity contribution < 1.29 is 14.3 Å². The molecular formula is C30H43N7O3. The van der Waals surface area contributed by atoms with E-state index in [2.05, 4.69) is 39.4 Å². The summed E-state index contributed by atoms with van der Waals surface area (Å²) < 4.78 is 5.66. The van der Waals surface area contributed by atoms with Crippen molar-refractivity contribution in [2.75, 3.05) is 42.4 Å². The van der Waals surface area contributed by atoms with Crippen molar-refractivity contribution in [3.05, 3.63) is 30.0 Å². The normalized spacial score (nSPS) is 20.6. The van der Waals surface area contributed by atoms with E-state index in [0.29, 0.717) is 29.0 Å². The maximum absolute atomic E-state index is 13.6. The number of likely N-dealkylation sites (tertiary alicyclic amines) is 1. The Hall–Kier alpha value is -3.40. The van der Waals surface area contributed by atoms with Gasteiger partial charge >= 0.3 is 0 Å². The molecule has 216 valence electrons. The fourth-order valence-corrected chi connectivity index (χ4v) is 6.32. The molecule has 1 saturated carbocycles. The van der Waals surface area contributed by atoms with Gasteiger partial charge in [-0.1, -0.05) is 19.8 Å². The third-order valence-corrected chi connectivity index (χ3v) is 8.50. The molecule has 1 aliphatic carbocycles. The summed E-state index contributed by atoms with van der Waals surface area (Å²) in [6, 6.07) is 5.62. The van der Waals surface area contributed by atoms with Gasteiger partial charge in [0.15, 0.2) is 5.82 Å².